The molecule has 3 rings (SSSR count). The molecule has 1 amide bonds. The third-order valence-corrected chi connectivity index (χ3v) is 4.50. The second-order valence-corrected chi connectivity index (χ2v) is 6.30. The van der Waals surface area contributed by atoms with Gasteiger partial charge in [0.2, 0.25) is 5.91 Å². The Balaban J connectivity index is 0.00000261. The van der Waals surface area contributed by atoms with Gasteiger partial charge in [0.15, 0.2) is 10.9 Å². The zero-order valence-electron chi connectivity index (χ0n) is 14.5. The van der Waals surface area contributed by atoms with Gasteiger partial charge in [-0.25, -0.2) is 4.98 Å². The number of amides is 1. The number of hydrogen-bond donors (Lipinski definition) is 2. The van der Waals surface area contributed by atoms with Crippen molar-refractivity contribution in [3.63, 3.8) is 0 Å². The summed E-state index contributed by atoms with van der Waals surface area (Å²) >= 11 is 1.28. The van der Waals surface area contributed by atoms with Crippen molar-refractivity contribution in [2.24, 2.45) is 0 Å². The van der Waals surface area contributed by atoms with Crippen LogP contribution in [0.4, 0.5) is 5.69 Å². The number of aromatic nitrogens is 2. The highest BCUT2D eigenvalue weighted by Gasteiger charge is 2.16. The molecule has 1 heterocycles. The number of rotatable bonds is 7. The van der Waals surface area contributed by atoms with E-state index in [-0.39, 0.29) is 34.4 Å². The number of carbonyl (C=O) groups excluding carboxylic acids is 2. The van der Waals surface area contributed by atoms with E-state index in [2.05, 4.69) is 15.3 Å². The minimum absolute atomic E-state index is 0. The standard InChI is InChI=1S/C19H17N3O3S.BrH/c1-25-14-7-8-16(22-17(23)12-26-19-20-9-10-21-19)15(11-14)18(24)13-5-3-2-4-6-13;/h2-11H,12H2,1H3,(H,20,21)(H,22,23);1H. The van der Waals surface area contributed by atoms with E-state index in [0.29, 0.717) is 27.7 Å². The molecule has 0 spiro atoms. The Hall–Kier alpha value is -2.58. The molecule has 0 atom stereocenters. The van der Waals surface area contributed by atoms with E-state index >= 15 is 0 Å². The Bertz CT molecular complexity index is 902. The first-order valence-electron chi connectivity index (χ1n) is 7.87. The van der Waals surface area contributed by atoms with Crippen LogP contribution in [-0.2, 0) is 4.79 Å². The van der Waals surface area contributed by atoms with Gasteiger partial charge in [-0.2, -0.15) is 0 Å². The van der Waals surface area contributed by atoms with Gasteiger partial charge in [-0.1, -0.05) is 42.1 Å². The van der Waals surface area contributed by atoms with Crippen LogP contribution in [0.25, 0.3) is 0 Å². The summed E-state index contributed by atoms with van der Waals surface area (Å²) in [7, 11) is 1.53. The Morgan fingerprint density at radius 3 is 2.63 bits per heavy atom. The van der Waals surface area contributed by atoms with Crippen molar-refractivity contribution < 1.29 is 14.3 Å². The number of methoxy groups -OCH3 is 1. The van der Waals surface area contributed by atoms with Gasteiger partial charge in [-0.15, -0.1) is 17.0 Å². The van der Waals surface area contributed by atoms with Crippen LogP contribution in [0.15, 0.2) is 66.1 Å². The number of ether oxygens (including phenoxy) is 1. The number of imidazole rings is 1. The molecule has 2 aromatic carbocycles. The third kappa shape index (κ3) is 5.45. The van der Waals surface area contributed by atoms with E-state index in [4.69, 9.17) is 4.74 Å². The summed E-state index contributed by atoms with van der Waals surface area (Å²) in [6, 6.07) is 13.9. The smallest absolute Gasteiger partial charge is 0.234 e. The molecule has 0 aliphatic rings. The minimum Gasteiger partial charge on any atom is -0.497 e. The highest BCUT2D eigenvalue weighted by Crippen LogP contribution is 2.25. The van der Waals surface area contributed by atoms with Crippen LogP contribution in [0.5, 0.6) is 5.75 Å². The van der Waals surface area contributed by atoms with E-state index in [1.165, 1.54) is 18.9 Å². The summed E-state index contributed by atoms with van der Waals surface area (Å²) in [6.45, 7) is 0. The molecule has 0 aliphatic carbocycles. The second-order valence-electron chi connectivity index (χ2n) is 5.34. The molecule has 0 saturated heterocycles. The van der Waals surface area contributed by atoms with Crippen LogP contribution in [0.1, 0.15) is 15.9 Å². The molecule has 0 saturated carbocycles. The van der Waals surface area contributed by atoms with E-state index in [0.717, 1.165) is 0 Å². The summed E-state index contributed by atoms with van der Waals surface area (Å²) in [4.78, 5) is 32.1. The van der Waals surface area contributed by atoms with Crippen molar-refractivity contribution in [2.45, 2.75) is 5.16 Å². The van der Waals surface area contributed by atoms with Crippen molar-refractivity contribution in [2.75, 3.05) is 18.2 Å². The number of H-pyrrole nitrogens is 1. The summed E-state index contributed by atoms with van der Waals surface area (Å²) in [5.41, 5.74) is 1.37. The largest absolute Gasteiger partial charge is 0.497 e. The fraction of sp³-hybridized carbons (Fsp3) is 0.105. The van der Waals surface area contributed by atoms with Crippen LogP contribution >= 0.6 is 28.7 Å². The Kier molecular flexibility index (Phi) is 7.63. The van der Waals surface area contributed by atoms with Gasteiger partial charge in [-0.3, -0.25) is 9.59 Å². The molecule has 1 aromatic heterocycles. The predicted octanol–water partition coefficient (Wildman–Crippen LogP) is 3.96. The molecule has 0 bridgehead atoms. The topological polar surface area (TPSA) is 84.1 Å². The van der Waals surface area contributed by atoms with Crippen LogP contribution in [-0.4, -0.2) is 34.5 Å². The second kappa shape index (κ2) is 9.94. The first kappa shape index (κ1) is 20.7. The third-order valence-electron chi connectivity index (χ3n) is 3.59. The SMILES string of the molecule is Br.COc1ccc(NC(=O)CSc2ncc[nH]2)c(C(=O)c2ccccc2)c1. The molecule has 140 valence electrons. The first-order chi connectivity index (χ1) is 12.7. The summed E-state index contributed by atoms with van der Waals surface area (Å²) in [5.74, 6) is 0.322. The molecule has 0 radical (unpaired) electrons. The summed E-state index contributed by atoms with van der Waals surface area (Å²) in [6.07, 6.45) is 3.32. The fourth-order valence-corrected chi connectivity index (χ4v) is 2.97. The van der Waals surface area contributed by atoms with Gasteiger partial charge in [0.25, 0.3) is 0 Å². The fourth-order valence-electron chi connectivity index (χ4n) is 2.34. The molecule has 2 N–H and O–H groups in total. The van der Waals surface area contributed by atoms with E-state index < -0.39 is 0 Å². The van der Waals surface area contributed by atoms with Crippen molar-refractivity contribution >= 4 is 46.1 Å². The average Bonchev–Trinajstić information content (AvgIpc) is 3.20. The van der Waals surface area contributed by atoms with Gasteiger partial charge in [0.1, 0.15) is 5.75 Å². The average molecular weight is 448 g/mol. The highest BCUT2D eigenvalue weighted by atomic mass is 79.9. The van der Waals surface area contributed by atoms with Gasteiger partial charge in [-0.05, 0) is 18.2 Å². The maximum absolute atomic E-state index is 12.8. The monoisotopic (exact) mass is 447 g/mol. The molecule has 0 aliphatic heterocycles. The van der Waals surface area contributed by atoms with Crippen molar-refractivity contribution in [1.82, 2.24) is 9.97 Å². The number of nitrogens with one attached hydrogen (secondary N) is 2. The molecule has 0 unspecified atom stereocenters. The Morgan fingerprint density at radius 1 is 1.19 bits per heavy atom. The quantitative estimate of drug-likeness (QED) is 0.422. The van der Waals surface area contributed by atoms with Crippen LogP contribution in [0, 0.1) is 0 Å². The van der Waals surface area contributed by atoms with Crippen LogP contribution in [0.2, 0.25) is 0 Å². The molecule has 3 aromatic rings. The number of halogens is 1. The highest BCUT2D eigenvalue weighted by molar-refractivity contribution is 8.93. The Morgan fingerprint density at radius 2 is 1.96 bits per heavy atom. The maximum Gasteiger partial charge on any atom is 0.234 e. The first-order valence-corrected chi connectivity index (χ1v) is 8.86. The number of benzene rings is 2. The Labute approximate surface area is 171 Å². The number of aromatic amines is 1. The lowest BCUT2D eigenvalue weighted by Gasteiger charge is -2.12. The summed E-state index contributed by atoms with van der Waals surface area (Å²) in [5, 5.41) is 3.46. The molecule has 8 heteroatoms. The molecule has 0 fully saturated rings. The number of anilines is 1. The zero-order valence-corrected chi connectivity index (χ0v) is 17.0. The van der Waals surface area contributed by atoms with Gasteiger partial charge >= 0.3 is 0 Å². The summed E-state index contributed by atoms with van der Waals surface area (Å²) < 4.78 is 5.22. The lowest BCUT2D eigenvalue weighted by molar-refractivity contribution is -0.113. The van der Waals surface area contributed by atoms with Gasteiger partial charge in [0.05, 0.1) is 18.6 Å². The number of carbonyl (C=O) groups is 2. The number of hydrogen-bond acceptors (Lipinski definition) is 5. The van der Waals surface area contributed by atoms with E-state index in [1.807, 2.05) is 6.07 Å². The van der Waals surface area contributed by atoms with Gasteiger partial charge in [0, 0.05) is 23.5 Å². The van der Waals surface area contributed by atoms with E-state index in [9.17, 15) is 9.59 Å². The molecular weight excluding hydrogens is 430 g/mol. The normalized spacial score (nSPS) is 9.96. The number of nitrogens with zero attached hydrogens (tertiary/aromatic N) is 1. The van der Waals surface area contributed by atoms with Crippen molar-refractivity contribution in [3.05, 3.63) is 72.1 Å². The van der Waals surface area contributed by atoms with Crippen molar-refractivity contribution in [3.8, 4) is 5.75 Å². The number of ketones is 1. The molecule has 6 nitrogen and oxygen atoms in total. The molecular formula is C19H18BrN3O3S. The van der Waals surface area contributed by atoms with Crippen LogP contribution < -0.4 is 10.1 Å². The predicted molar refractivity (Wildman–Crippen MR) is 111 cm³/mol. The zero-order chi connectivity index (χ0) is 18.4. The minimum atomic E-state index is -0.223. The number of thioether (sulfide) groups is 1. The van der Waals surface area contributed by atoms with Crippen LogP contribution in [0.3, 0.4) is 0 Å². The van der Waals surface area contributed by atoms with E-state index in [1.54, 1.807) is 54.9 Å². The lowest BCUT2D eigenvalue weighted by atomic mass is 10.0. The van der Waals surface area contributed by atoms with Gasteiger partial charge < -0.3 is 15.0 Å². The maximum atomic E-state index is 12.8. The lowest BCUT2D eigenvalue weighted by Crippen LogP contribution is -2.17. The molecule has 27 heavy (non-hydrogen) atoms. The van der Waals surface area contributed by atoms with Crippen molar-refractivity contribution in [1.29, 1.82) is 0 Å².